The van der Waals surface area contributed by atoms with E-state index < -0.39 is 0 Å². The Bertz CT molecular complexity index is 509. The Hall–Kier alpha value is -0.870. The maximum atomic E-state index is 4.10. The topological polar surface area (TPSA) is 16.1 Å². The first kappa shape index (κ1) is 10.3. The van der Waals surface area contributed by atoms with Crippen LogP contribution in [0.2, 0.25) is 0 Å². The number of hydrogen-bond acceptors (Lipinski definition) is 3. The molecule has 0 saturated carbocycles. The Balaban J connectivity index is 1.92. The number of fused-ring (bicyclic) bond motifs is 1. The minimum absolute atomic E-state index is 1.02. The monoisotopic (exact) mass is 294 g/mol. The van der Waals surface area contributed by atoms with Crippen molar-refractivity contribution in [1.29, 1.82) is 0 Å². The summed E-state index contributed by atoms with van der Waals surface area (Å²) in [6.07, 6.45) is 4.86. The van der Waals surface area contributed by atoms with Gasteiger partial charge < -0.3 is 4.90 Å². The number of rotatable bonds is 1. The van der Waals surface area contributed by atoms with Gasteiger partial charge in [0.05, 0.1) is 10.2 Å². The lowest BCUT2D eigenvalue weighted by molar-refractivity contribution is 0.741. The number of halogens is 1. The van der Waals surface area contributed by atoms with E-state index in [-0.39, 0.29) is 0 Å². The summed E-state index contributed by atoms with van der Waals surface area (Å²) in [4.78, 5) is 8.05. The molecule has 4 heteroatoms. The Morgan fingerprint density at radius 1 is 1.38 bits per heavy atom. The van der Waals surface area contributed by atoms with Gasteiger partial charge in [-0.05, 0) is 45.4 Å². The van der Waals surface area contributed by atoms with Crippen LogP contribution in [0.3, 0.4) is 0 Å². The molecule has 0 N–H and O–H groups in total. The van der Waals surface area contributed by atoms with Crippen LogP contribution in [0.15, 0.2) is 34.4 Å². The molecule has 2 nitrogen and oxygen atoms in total. The predicted octanol–water partition coefficient (Wildman–Crippen LogP) is 3.47. The largest absolute Gasteiger partial charge is 0.366 e. The fourth-order valence-electron chi connectivity index (χ4n) is 2.08. The van der Waals surface area contributed by atoms with Gasteiger partial charge >= 0.3 is 0 Å². The third-order valence-electron chi connectivity index (χ3n) is 2.90. The molecule has 1 aliphatic heterocycles. The van der Waals surface area contributed by atoms with E-state index in [0.29, 0.717) is 0 Å². The molecule has 0 aromatic carbocycles. The van der Waals surface area contributed by atoms with Gasteiger partial charge in [-0.15, -0.1) is 11.3 Å². The van der Waals surface area contributed by atoms with E-state index in [9.17, 15) is 0 Å². The maximum Gasteiger partial charge on any atom is 0.0592 e. The molecule has 2 aromatic heterocycles. The summed E-state index contributed by atoms with van der Waals surface area (Å²) in [6.45, 7) is 2.11. The summed E-state index contributed by atoms with van der Waals surface area (Å²) in [5.41, 5.74) is 2.71. The van der Waals surface area contributed by atoms with Gasteiger partial charge in [-0.1, -0.05) is 0 Å². The molecular formula is C12H11BrN2S. The average molecular weight is 295 g/mol. The van der Waals surface area contributed by atoms with Gasteiger partial charge in [-0.2, -0.15) is 0 Å². The Kier molecular flexibility index (Phi) is 2.69. The second-order valence-electron chi connectivity index (χ2n) is 3.87. The predicted molar refractivity (Wildman–Crippen MR) is 71.0 cm³/mol. The lowest BCUT2D eigenvalue weighted by Gasteiger charge is -2.29. The van der Waals surface area contributed by atoms with Gasteiger partial charge in [0.1, 0.15) is 0 Å². The fraction of sp³-hybridized carbons (Fsp3) is 0.250. The molecule has 16 heavy (non-hydrogen) atoms. The standard InChI is InChI=1S/C12H11BrN2S/c13-10-7-14-4-1-11(10)15-5-2-12-9(8-15)3-6-16-12/h1,3-4,6-7H,2,5,8H2. The molecule has 1 aliphatic rings. The van der Waals surface area contributed by atoms with Crippen molar-refractivity contribution in [2.24, 2.45) is 0 Å². The third kappa shape index (κ3) is 1.76. The van der Waals surface area contributed by atoms with Crippen LogP contribution >= 0.6 is 27.3 Å². The van der Waals surface area contributed by atoms with E-state index in [1.54, 1.807) is 4.88 Å². The zero-order chi connectivity index (χ0) is 11.0. The second kappa shape index (κ2) is 4.18. The molecule has 0 fully saturated rings. The molecule has 0 radical (unpaired) electrons. The number of pyridine rings is 1. The van der Waals surface area contributed by atoms with Crippen LogP contribution in [0, 0.1) is 0 Å². The van der Waals surface area contributed by atoms with E-state index >= 15 is 0 Å². The summed E-state index contributed by atoms with van der Waals surface area (Å²) < 4.78 is 1.08. The average Bonchev–Trinajstić information content (AvgIpc) is 2.76. The first-order valence-electron chi connectivity index (χ1n) is 5.24. The summed E-state index contributed by atoms with van der Waals surface area (Å²) in [6, 6.07) is 4.31. The Labute approximate surface area is 107 Å². The normalized spacial score (nSPS) is 14.9. The van der Waals surface area contributed by atoms with Crippen molar-refractivity contribution in [3.8, 4) is 0 Å². The first-order valence-corrected chi connectivity index (χ1v) is 6.91. The van der Waals surface area contributed by atoms with Crippen LogP contribution in [0.5, 0.6) is 0 Å². The highest BCUT2D eigenvalue weighted by molar-refractivity contribution is 9.10. The van der Waals surface area contributed by atoms with Gasteiger partial charge in [-0.3, -0.25) is 4.98 Å². The summed E-state index contributed by atoms with van der Waals surface area (Å²) in [5, 5.41) is 2.19. The van der Waals surface area contributed by atoms with Crippen LogP contribution in [-0.2, 0) is 13.0 Å². The lowest BCUT2D eigenvalue weighted by Crippen LogP contribution is -2.29. The number of aromatic nitrogens is 1. The summed E-state index contributed by atoms with van der Waals surface area (Å²) in [5.74, 6) is 0. The zero-order valence-electron chi connectivity index (χ0n) is 8.69. The summed E-state index contributed by atoms with van der Waals surface area (Å²) >= 11 is 5.44. The quantitative estimate of drug-likeness (QED) is 0.801. The van der Waals surface area contributed by atoms with Crippen molar-refractivity contribution in [3.63, 3.8) is 0 Å². The zero-order valence-corrected chi connectivity index (χ0v) is 11.1. The van der Waals surface area contributed by atoms with Crippen LogP contribution in [0.25, 0.3) is 0 Å². The number of nitrogens with zero attached hydrogens (tertiary/aromatic N) is 2. The van der Waals surface area contributed by atoms with E-state index in [0.717, 1.165) is 24.0 Å². The van der Waals surface area contributed by atoms with Gasteiger partial charge in [0.15, 0.2) is 0 Å². The Morgan fingerprint density at radius 2 is 2.31 bits per heavy atom. The first-order chi connectivity index (χ1) is 7.84. The third-order valence-corrected chi connectivity index (χ3v) is 4.53. The van der Waals surface area contributed by atoms with Crippen LogP contribution < -0.4 is 4.90 Å². The van der Waals surface area contributed by atoms with Crippen molar-refractivity contribution in [3.05, 3.63) is 44.8 Å². The van der Waals surface area contributed by atoms with Crippen LogP contribution in [-0.4, -0.2) is 11.5 Å². The molecule has 3 rings (SSSR count). The Morgan fingerprint density at radius 3 is 3.19 bits per heavy atom. The fourth-order valence-corrected chi connectivity index (χ4v) is 3.47. The maximum absolute atomic E-state index is 4.10. The molecule has 0 unspecified atom stereocenters. The lowest BCUT2D eigenvalue weighted by atomic mass is 10.1. The van der Waals surface area contributed by atoms with Crippen molar-refractivity contribution in [1.82, 2.24) is 4.98 Å². The van der Waals surface area contributed by atoms with E-state index in [4.69, 9.17) is 0 Å². The molecule has 2 aromatic rings. The van der Waals surface area contributed by atoms with Crippen molar-refractivity contribution >= 4 is 33.0 Å². The molecular weight excluding hydrogens is 284 g/mol. The van der Waals surface area contributed by atoms with Gasteiger partial charge in [0, 0.05) is 30.4 Å². The summed E-state index contributed by atoms with van der Waals surface area (Å²) in [7, 11) is 0. The van der Waals surface area contributed by atoms with Gasteiger partial charge in [0.25, 0.3) is 0 Å². The smallest absolute Gasteiger partial charge is 0.0592 e. The molecule has 0 bridgehead atoms. The van der Waals surface area contributed by atoms with Gasteiger partial charge in [0.2, 0.25) is 0 Å². The number of hydrogen-bond donors (Lipinski definition) is 0. The molecule has 0 amide bonds. The SMILES string of the molecule is Brc1cnccc1N1CCc2sccc2C1. The highest BCUT2D eigenvalue weighted by atomic mass is 79.9. The molecule has 0 saturated heterocycles. The highest BCUT2D eigenvalue weighted by Crippen LogP contribution is 2.31. The molecule has 3 heterocycles. The van der Waals surface area contributed by atoms with Crippen LogP contribution in [0.1, 0.15) is 10.4 Å². The number of thiophene rings is 1. The molecule has 82 valence electrons. The van der Waals surface area contributed by atoms with Crippen molar-refractivity contribution in [2.45, 2.75) is 13.0 Å². The second-order valence-corrected chi connectivity index (χ2v) is 5.72. The van der Waals surface area contributed by atoms with Crippen molar-refractivity contribution < 1.29 is 0 Å². The van der Waals surface area contributed by atoms with Crippen molar-refractivity contribution in [2.75, 3.05) is 11.4 Å². The molecule has 0 atom stereocenters. The molecule has 0 spiro atoms. The van der Waals surface area contributed by atoms with Crippen LogP contribution in [0.4, 0.5) is 5.69 Å². The minimum atomic E-state index is 1.02. The van der Waals surface area contributed by atoms with Gasteiger partial charge in [-0.25, -0.2) is 0 Å². The molecule has 0 aliphatic carbocycles. The van der Waals surface area contributed by atoms with E-state index in [1.165, 1.54) is 11.3 Å². The van der Waals surface area contributed by atoms with E-state index in [1.807, 2.05) is 23.7 Å². The number of anilines is 1. The minimum Gasteiger partial charge on any atom is -0.366 e. The van der Waals surface area contributed by atoms with E-state index in [2.05, 4.69) is 43.3 Å². The highest BCUT2D eigenvalue weighted by Gasteiger charge is 2.18.